The van der Waals surface area contributed by atoms with Crippen molar-refractivity contribution < 1.29 is 0 Å². The maximum atomic E-state index is 10.7. The van der Waals surface area contributed by atoms with Crippen molar-refractivity contribution in [2.45, 2.75) is 0 Å². The maximum Gasteiger partial charge on any atom is 0.202 e. The highest BCUT2D eigenvalue weighted by atomic mass is 32.1. The minimum atomic E-state index is 0.305. The van der Waals surface area contributed by atoms with Gasteiger partial charge in [-0.15, -0.1) is 4.91 Å². The standard InChI is InChI=1S/C11H8N4OS/c16-13-15-10-7-8(14-5-1-2-6-14)3-4-9(10)12-11(15)17/h1-7H,(H,12,17). The summed E-state index contributed by atoms with van der Waals surface area (Å²) in [5.74, 6) is 0. The van der Waals surface area contributed by atoms with E-state index in [0.29, 0.717) is 10.3 Å². The first-order valence-electron chi connectivity index (χ1n) is 5.01. The highest BCUT2D eigenvalue weighted by Crippen LogP contribution is 2.18. The van der Waals surface area contributed by atoms with E-state index >= 15 is 0 Å². The van der Waals surface area contributed by atoms with E-state index in [-0.39, 0.29) is 0 Å². The van der Waals surface area contributed by atoms with Gasteiger partial charge in [0.05, 0.1) is 16.3 Å². The van der Waals surface area contributed by atoms with Crippen LogP contribution in [0.15, 0.2) is 48.0 Å². The molecule has 0 aliphatic rings. The first kappa shape index (κ1) is 9.98. The number of hydrogen-bond donors (Lipinski definition) is 1. The fourth-order valence-electron chi connectivity index (χ4n) is 1.83. The minimum absolute atomic E-state index is 0.305. The van der Waals surface area contributed by atoms with E-state index in [9.17, 15) is 4.91 Å². The van der Waals surface area contributed by atoms with Crippen LogP contribution in [0.2, 0.25) is 0 Å². The molecule has 0 atom stereocenters. The summed E-state index contributed by atoms with van der Waals surface area (Å²) in [5.41, 5.74) is 2.43. The van der Waals surface area contributed by atoms with Gasteiger partial charge >= 0.3 is 0 Å². The molecule has 0 amide bonds. The number of H-pyrrole nitrogens is 1. The van der Waals surface area contributed by atoms with Crippen LogP contribution in [0.5, 0.6) is 0 Å². The lowest BCUT2D eigenvalue weighted by Crippen LogP contribution is -1.91. The summed E-state index contributed by atoms with van der Waals surface area (Å²) in [4.78, 5) is 13.6. The Bertz CT molecular complexity index is 739. The second-order valence-corrected chi connectivity index (χ2v) is 4.00. The fraction of sp³-hybridized carbons (Fsp3) is 0. The summed E-state index contributed by atoms with van der Waals surface area (Å²) in [7, 11) is 0. The molecule has 0 aliphatic heterocycles. The number of nitrogens with one attached hydrogen (secondary N) is 1. The van der Waals surface area contributed by atoms with Crippen LogP contribution < -0.4 is 0 Å². The molecule has 1 N–H and O–H groups in total. The third-order valence-electron chi connectivity index (χ3n) is 2.63. The van der Waals surface area contributed by atoms with Gasteiger partial charge in [0.15, 0.2) is 0 Å². The molecule has 0 unspecified atom stereocenters. The zero-order valence-electron chi connectivity index (χ0n) is 8.70. The smallest absolute Gasteiger partial charge is 0.202 e. The van der Waals surface area contributed by atoms with Crippen molar-refractivity contribution in [1.82, 2.24) is 14.2 Å². The molecule has 84 valence electrons. The third-order valence-corrected chi connectivity index (χ3v) is 2.90. The predicted molar refractivity (Wildman–Crippen MR) is 67.6 cm³/mol. The molecule has 0 spiro atoms. The number of rotatable bonds is 2. The lowest BCUT2D eigenvalue weighted by atomic mass is 10.3. The van der Waals surface area contributed by atoms with Crippen molar-refractivity contribution in [1.29, 1.82) is 0 Å². The second-order valence-electron chi connectivity index (χ2n) is 3.62. The van der Waals surface area contributed by atoms with Gasteiger partial charge in [-0.25, -0.2) is 0 Å². The Labute approximate surface area is 101 Å². The van der Waals surface area contributed by atoms with E-state index in [1.54, 1.807) is 0 Å². The van der Waals surface area contributed by atoms with Crippen LogP contribution in [0.25, 0.3) is 16.7 Å². The van der Waals surface area contributed by atoms with Gasteiger partial charge in [-0.2, -0.15) is 4.68 Å². The molecule has 5 nitrogen and oxygen atoms in total. The van der Waals surface area contributed by atoms with Gasteiger partial charge in [0.2, 0.25) is 4.77 Å². The van der Waals surface area contributed by atoms with Crippen LogP contribution in [0, 0.1) is 9.68 Å². The van der Waals surface area contributed by atoms with Crippen molar-refractivity contribution in [3.8, 4) is 5.69 Å². The number of benzene rings is 1. The van der Waals surface area contributed by atoms with Crippen molar-refractivity contribution in [3.05, 3.63) is 52.4 Å². The summed E-state index contributed by atoms with van der Waals surface area (Å²) < 4.78 is 3.43. The number of imidazole rings is 1. The number of hydrogen-bond acceptors (Lipinski definition) is 3. The predicted octanol–water partition coefficient (Wildman–Crippen LogP) is 3.02. The summed E-state index contributed by atoms with van der Waals surface area (Å²) in [6.07, 6.45) is 3.86. The molecular weight excluding hydrogens is 236 g/mol. The third kappa shape index (κ3) is 1.50. The Kier molecular flexibility index (Phi) is 2.15. The zero-order chi connectivity index (χ0) is 11.8. The highest BCUT2D eigenvalue weighted by molar-refractivity contribution is 7.71. The average molecular weight is 244 g/mol. The zero-order valence-corrected chi connectivity index (χ0v) is 9.52. The molecule has 3 aromatic rings. The average Bonchev–Trinajstić information content (AvgIpc) is 2.93. The normalized spacial score (nSPS) is 10.8. The van der Waals surface area contributed by atoms with Gasteiger partial charge in [-0.3, -0.25) is 0 Å². The molecule has 0 saturated heterocycles. The van der Waals surface area contributed by atoms with Crippen molar-refractivity contribution in [2.75, 3.05) is 0 Å². The first-order chi connectivity index (χ1) is 8.29. The summed E-state index contributed by atoms with van der Waals surface area (Å²) >= 11 is 5.00. The monoisotopic (exact) mass is 244 g/mol. The molecule has 0 fully saturated rings. The SMILES string of the molecule is O=Nn1c(=S)[nH]c2ccc(-n3cccc3)cc21. The number of aromatic nitrogens is 3. The first-order valence-corrected chi connectivity index (χ1v) is 5.42. The molecule has 0 saturated carbocycles. The molecule has 2 heterocycles. The molecule has 6 heteroatoms. The lowest BCUT2D eigenvalue weighted by Gasteiger charge is -2.02. The molecule has 3 rings (SSSR count). The molecule has 17 heavy (non-hydrogen) atoms. The highest BCUT2D eigenvalue weighted by Gasteiger charge is 2.05. The number of fused-ring (bicyclic) bond motifs is 1. The second kappa shape index (κ2) is 3.67. The van der Waals surface area contributed by atoms with Crippen molar-refractivity contribution >= 4 is 23.3 Å². The largest absolute Gasteiger partial charge is 0.329 e. The van der Waals surface area contributed by atoms with Crippen molar-refractivity contribution in [2.24, 2.45) is 5.29 Å². The maximum absolute atomic E-state index is 10.7. The number of aromatic amines is 1. The molecule has 0 radical (unpaired) electrons. The van der Waals surface area contributed by atoms with E-state index < -0.39 is 0 Å². The van der Waals surface area contributed by atoms with Crippen LogP contribution in [-0.4, -0.2) is 14.2 Å². The van der Waals surface area contributed by atoms with E-state index in [1.807, 2.05) is 47.3 Å². The molecule has 0 bridgehead atoms. The summed E-state index contributed by atoms with van der Waals surface area (Å²) in [5, 5.41) is 2.90. The van der Waals surface area contributed by atoms with E-state index in [1.165, 1.54) is 4.68 Å². The quantitative estimate of drug-likeness (QED) is 0.556. The molecule has 0 aliphatic carbocycles. The Morgan fingerprint density at radius 2 is 2.00 bits per heavy atom. The van der Waals surface area contributed by atoms with Gasteiger partial charge in [0.1, 0.15) is 0 Å². The Morgan fingerprint density at radius 3 is 2.71 bits per heavy atom. The number of nitroso groups, excluding NO2 is 1. The van der Waals surface area contributed by atoms with Crippen LogP contribution in [-0.2, 0) is 0 Å². The molecule has 1 aromatic carbocycles. The summed E-state index contributed by atoms with van der Waals surface area (Å²) in [6, 6.07) is 9.56. The summed E-state index contributed by atoms with van der Waals surface area (Å²) in [6.45, 7) is 0. The molecule has 2 aromatic heterocycles. The van der Waals surface area contributed by atoms with E-state index in [2.05, 4.69) is 10.3 Å². The van der Waals surface area contributed by atoms with Crippen LogP contribution in [0.1, 0.15) is 0 Å². The topological polar surface area (TPSA) is 55.1 Å². The minimum Gasteiger partial charge on any atom is -0.329 e. The van der Waals surface area contributed by atoms with Gasteiger partial charge < -0.3 is 9.55 Å². The van der Waals surface area contributed by atoms with Gasteiger partial charge in [0, 0.05) is 18.1 Å². The van der Waals surface area contributed by atoms with Crippen LogP contribution in [0.3, 0.4) is 0 Å². The molecular formula is C11H8N4OS. The Hall–Kier alpha value is -2.21. The fourth-order valence-corrected chi connectivity index (χ4v) is 2.07. The lowest BCUT2D eigenvalue weighted by molar-refractivity contribution is 0.877. The van der Waals surface area contributed by atoms with E-state index in [4.69, 9.17) is 12.2 Å². The van der Waals surface area contributed by atoms with Crippen LogP contribution in [0.4, 0.5) is 0 Å². The van der Waals surface area contributed by atoms with Gasteiger partial charge in [0.25, 0.3) is 0 Å². The van der Waals surface area contributed by atoms with E-state index in [0.717, 1.165) is 11.2 Å². The van der Waals surface area contributed by atoms with Crippen LogP contribution >= 0.6 is 12.2 Å². The number of nitrogens with zero attached hydrogens (tertiary/aromatic N) is 3. The van der Waals surface area contributed by atoms with Gasteiger partial charge in [-0.05, 0) is 42.5 Å². The Balaban J connectivity index is 2.31. The Morgan fingerprint density at radius 1 is 1.24 bits per heavy atom. The van der Waals surface area contributed by atoms with Crippen molar-refractivity contribution in [3.63, 3.8) is 0 Å². The van der Waals surface area contributed by atoms with Gasteiger partial charge in [-0.1, -0.05) is 0 Å².